The largest absolute Gasteiger partial charge is 0.456 e. The highest BCUT2D eigenvalue weighted by Crippen LogP contribution is 2.38. The Morgan fingerprint density at radius 1 is 0.382 bits per heavy atom. The molecule has 0 aliphatic carbocycles. The Kier molecular flexibility index (Phi) is 7.70. The fourth-order valence-corrected chi connectivity index (χ4v) is 7.55. The summed E-state index contributed by atoms with van der Waals surface area (Å²) in [7, 11) is 31.7. The van der Waals surface area contributed by atoms with Crippen molar-refractivity contribution in [1.82, 2.24) is 19.5 Å². The van der Waals surface area contributed by atoms with Gasteiger partial charge in [-0.15, -0.1) is 16.4 Å². The predicted molar refractivity (Wildman–Crippen MR) is 230 cm³/mol. The van der Waals surface area contributed by atoms with Gasteiger partial charge in [-0.25, -0.2) is 15.0 Å². The van der Waals surface area contributed by atoms with Gasteiger partial charge in [-0.1, -0.05) is 108 Å². The second-order valence-electron chi connectivity index (χ2n) is 13.6. The SMILES string of the molecule is [B]c1c([B])c([B])c(-c2ccc3c4ccccc4n(-c4ccc5oc6cc(-c7nc(-c8ccccc8)nc(-c8ccccc8)n7)ccc6c5c4)c3c2)c([B])c1[B]. The Morgan fingerprint density at radius 3 is 1.60 bits per heavy atom. The summed E-state index contributed by atoms with van der Waals surface area (Å²) in [6.45, 7) is 0. The third-order valence-electron chi connectivity index (χ3n) is 10.3. The first-order valence-electron chi connectivity index (χ1n) is 17.7. The van der Waals surface area contributed by atoms with Gasteiger partial charge in [-0.05, 0) is 53.6 Å². The normalized spacial score (nSPS) is 11.6. The van der Waals surface area contributed by atoms with Gasteiger partial charge < -0.3 is 8.98 Å². The number of hydrogen-bond acceptors (Lipinski definition) is 4. The van der Waals surface area contributed by atoms with Gasteiger partial charge in [0, 0.05) is 43.9 Å². The number of rotatable bonds is 5. The second kappa shape index (κ2) is 12.8. The van der Waals surface area contributed by atoms with Gasteiger partial charge in [0.2, 0.25) is 0 Å². The van der Waals surface area contributed by atoms with Crippen LogP contribution >= 0.6 is 0 Å². The fraction of sp³-hybridized carbons (Fsp3) is 0. The smallest absolute Gasteiger partial charge is 0.164 e. The zero-order valence-corrected chi connectivity index (χ0v) is 29.4. The number of benzene rings is 7. The summed E-state index contributed by atoms with van der Waals surface area (Å²) in [5.41, 5.74) is 9.61. The van der Waals surface area contributed by atoms with Gasteiger partial charge in [0.1, 0.15) is 50.4 Å². The molecule has 0 spiro atoms. The molecule has 0 atom stereocenters. The number of furan rings is 1. The molecule has 10 heteroatoms. The van der Waals surface area contributed by atoms with E-state index in [0.29, 0.717) is 34.0 Å². The van der Waals surface area contributed by atoms with Crippen LogP contribution in [0.2, 0.25) is 0 Å². The molecule has 0 aliphatic heterocycles. The quantitative estimate of drug-likeness (QED) is 0.224. The molecule has 0 N–H and O–H groups in total. The Morgan fingerprint density at radius 2 is 0.927 bits per heavy atom. The van der Waals surface area contributed by atoms with Gasteiger partial charge in [0.05, 0.1) is 11.0 Å². The molecule has 0 aliphatic rings. The highest BCUT2D eigenvalue weighted by Gasteiger charge is 2.19. The van der Waals surface area contributed by atoms with Crippen LogP contribution in [0.15, 0.2) is 144 Å². The van der Waals surface area contributed by atoms with Gasteiger partial charge in [0.15, 0.2) is 17.5 Å². The summed E-state index contributed by atoms with van der Waals surface area (Å²) in [4.78, 5) is 14.7. The minimum Gasteiger partial charge on any atom is -0.456 e. The summed E-state index contributed by atoms with van der Waals surface area (Å²) in [5.74, 6) is 1.76. The van der Waals surface area contributed by atoms with Crippen LogP contribution < -0.4 is 27.3 Å². The van der Waals surface area contributed by atoms with Gasteiger partial charge in [-0.2, -0.15) is 0 Å². The maximum absolute atomic E-state index is 6.50. The lowest BCUT2D eigenvalue weighted by Crippen LogP contribution is -2.55. The van der Waals surface area contributed by atoms with Crippen molar-refractivity contribution in [3.05, 3.63) is 140 Å². The minimum absolute atomic E-state index is 0.184. The molecule has 0 saturated carbocycles. The standard InChI is InChI=1S/C45H23B5N4O/c46-38-37(39(47)41(49)42(50)40(38)48)26-15-18-30-29-13-7-8-14-33(29)54(34(30)21-26)28-17-20-35-32(23-28)31-19-16-27(22-36(31)55-35)45-52-43(24-9-3-1-4-10-24)51-44(53-45)25-11-5-2-6-12-25/h1-23H. The maximum Gasteiger partial charge on any atom is 0.164 e. The Labute approximate surface area is 323 Å². The van der Waals surface area contributed by atoms with Crippen molar-refractivity contribution in [3.63, 3.8) is 0 Å². The lowest BCUT2D eigenvalue weighted by atomic mass is 9.59. The predicted octanol–water partition coefficient (Wildman–Crippen LogP) is 5.51. The van der Waals surface area contributed by atoms with Gasteiger partial charge in [0.25, 0.3) is 0 Å². The fourth-order valence-electron chi connectivity index (χ4n) is 7.55. The molecule has 3 aromatic heterocycles. The van der Waals surface area contributed by atoms with Crippen LogP contribution in [0.3, 0.4) is 0 Å². The van der Waals surface area contributed by atoms with Crippen molar-refractivity contribution in [2.75, 3.05) is 0 Å². The first kappa shape index (κ1) is 33.1. The molecular weight excluding hydrogens is 667 g/mol. The summed E-state index contributed by atoms with van der Waals surface area (Å²) < 4.78 is 8.72. The number of nitrogens with zero attached hydrogens (tertiary/aromatic N) is 4. The van der Waals surface area contributed by atoms with Crippen LogP contribution in [-0.4, -0.2) is 58.8 Å². The molecule has 7 aromatic carbocycles. The van der Waals surface area contributed by atoms with E-state index in [9.17, 15) is 0 Å². The Balaban J connectivity index is 1.13. The van der Waals surface area contributed by atoms with Gasteiger partial charge in [-0.3, -0.25) is 0 Å². The molecule has 5 nitrogen and oxygen atoms in total. The van der Waals surface area contributed by atoms with E-state index >= 15 is 0 Å². The van der Waals surface area contributed by atoms with Crippen LogP contribution in [0.1, 0.15) is 0 Å². The van der Waals surface area contributed by atoms with Crippen molar-refractivity contribution >= 4 is 110 Å². The summed E-state index contributed by atoms with van der Waals surface area (Å²) in [6.07, 6.45) is 0. The monoisotopic (exact) mass is 690 g/mol. The maximum atomic E-state index is 6.50. The van der Waals surface area contributed by atoms with Crippen LogP contribution in [0.5, 0.6) is 0 Å². The average Bonchev–Trinajstić information content (AvgIpc) is 3.77. The van der Waals surface area contributed by atoms with Crippen molar-refractivity contribution < 1.29 is 4.42 Å². The highest BCUT2D eigenvalue weighted by molar-refractivity contribution is 6.68. The zero-order valence-electron chi connectivity index (χ0n) is 29.4. The average molecular weight is 690 g/mol. The molecule has 244 valence electrons. The highest BCUT2D eigenvalue weighted by atomic mass is 16.3. The number of fused-ring (bicyclic) bond motifs is 6. The Hall–Kier alpha value is -6.53. The van der Waals surface area contributed by atoms with Crippen molar-refractivity contribution in [2.24, 2.45) is 0 Å². The topological polar surface area (TPSA) is 56.7 Å². The van der Waals surface area contributed by atoms with E-state index < -0.39 is 0 Å². The van der Waals surface area contributed by atoms with E-state index in [1.807, 2.05) is 97.1 Å². The number of para-hydroxylation sites is 1. The summed E-state index contributed by atoms with van der Waals surface area (Å²) in [6, 6.07) is 46.7. The van der Waals surface area contributed by atoms with Crippen molar-refractivity contribution in [3.8, 4) is 51.0 Å². The van der Waals surface area contributed by atoms with E-state index in [4.69, 9.17) is 58.6 Å². The van der Waals surface area contributed by atoms with Crippen LogP contribution in [0, 0.1) is 0 Å². The summed E-state index contributed by atoms with van der Waals surface area (Å²) >= 11 is 0. The third kappa shape index (κ3) is 5.35. The molecule has 0 saturated heterocycles. The number of hydrogen-bond donors (Lipinski definition) is 0. The molecule has 0 unspecified atom stereocenters. The summed E-state index contributed by atoms with van der Waals surface area (Å²) in [5, 5.41) is 4.11. The molecule has 0 amide bonds. The van der Waals surface area contributed by atoms with Crippen LogP contribution in [0.25, 0.3) is 94.7 Å². The molecule has 10 rings (SSSR count). The minimum atomic E-state index is 0.184. The first-order chi connectivity index (χ1) is 26.8. The van der Waals surface area contributed by atoms with E-state index in [1.54, 1.807) is 0 Å². The molecule has 3 heterocycles. The molecule has 10 aromatic rings. The molecule has 55 heavy (non-hydrogen) atoms. The van der Waals surface area contributed by atoms with E-state index in [0.717, 1.165) is 71.7 Å². The second-order valence-corrected chi connectivity index (χ2v) is 13.6. The Bertz CT molecular complexity index is 3070. The van der Waals surface area contributed by atoms with Crippen molar-refractivity contribution in [1.29, 1.82) is 0 Å². The molecular formula is C45H23B5N4O. The zero-order chi connectivity index (χ0) is 37.4. The molecule has 10 radical (unpaired) electrons. The lowest BCUT2D eigenvalue weighted by molar-refractivity contribution is 0.669. The first-order valence-corrected chi connectivity index (χ1v) is 17.7. The van der Waals surface area contributed by atoms with Crippen LogP contribution in [-0.2, 0) is 0 Å². The van der Waals surface area contributed by atoms with Crippen LogP contribution in [0.4, 0.5) is 0 Å². The van der Waals surface area contributed by atoms with E-state index in [2.05, 4.69) is 47.0 Å². The molecule has 0 fully saturated rings. The van der Waals surface area contributed by atoms with E-state index in [1.165, 1.54) is 0 Å². The van der Waals surface area contributed by atoms with E-state index in [-0.39, 0.29) is 16.4 Å². The van der Waals surface area contributed by atoms with Gasteiger partial charge >= 0.3 is 0 Å². The van der Waals surface area contributed by atoms with Crippen molar-refractivity contribution in [2.45, 2.75) is 0 Å². The third-order valence-corrected chi connectivity index (χ3v) is 10.3. The lowest BCUT2D eigenvalue weighted by Gasteiger charge is -2.21. The number of aromatic nitrogens is 4. The molecule has 0 bridgehead atoms.